The second-order valence-electron chi connectivity index (χ2n) is 12.5. The number of hydrogen-bond acceptors (Lipinski definition) is 1. The van der Waals surface area contributed by atoms with Gasteiger partial charge in [-0.3, -0.25) is 0 Å². The van der Waals surface area contributed by atoms with Gasteiger partial charge in [-0.25, -0.2) is 4.39 Å². The molecule has 1 unspecified atom stereocenters. The number of nitrogens with zero attached hydrogens (tertiary/aromatic N) is 2. The fourth-order valence-corrected chi connectivity index (χ4v) is 7.62. The minimum absolute atomic E-state index is 0.226. The van der Waals surface area contributed by atoms with Crippen LogP contribution >= 0.6 is 0 Å². The van der Waals surface area contributed by atoms with Gasteiger partial charge < -0.3 is 9.47 Å². The maximum Gasteiger partial charge on any atom is 0.123 e. The number of halogens is 1. The van der Waals surface area contributed by atoms with Crippen molar-refractivity contribution in [2.75, 3.05) is 4.90 Å². The third-order valence-electron chi connectivity index (χ3n) is 9.88. The zero-order valence-corrected chi connectivity index (χ0v) is 25.5. The van der Waals surface area contributed by atoms with Crippen molar-refractivity contribution in [1.29, 1.82) is 0 Å². The molecule has 0 saturated carbocycles. The van der Waals surface area contributed by atoms with Crippen LogP contribution in [0.5, 0.6) is 0 Å². The van der Waals surface area contributed by atoms with Crippen LogP contribution in [0.2, 0.25) is 0 Å². The highest BCUT2D eigenvalue weighted by Crippen LogP contribution is 2.56. The van der Waals surface area contributed by atoms with Crippen LogP contribution in [0.25, 0.3) is 49.6 Å². The number of rotatable bonds is 4. The summed E-state index contributed by atoms with van der Waals surface area (Å²) in [6.07, 6.45) is 7.75. The quantitative estimate of drug-likeness (QED) is 0.197. The smallest absolute Gasteiger partial charge is 0.123 e. The Morgan fingerprint density at radius 3 is 2.24 bits per heavy atom. The molecule has 1 aliphatic carbocycles. The summed E-state index contributed by atoms with van der Waals surface area (Å²) in [5.74, 6) is -0.226. The molecule has 0 bridgehead atoms. The minimum Gasteiger partial charge on any atom is -0.330 e. The maximum absolute atomic E-state index is 13.6. The standard InChI is InChI=1S/C43H31FN2/c1-43-25-23-31(30-15-21-40-32(27-30)24-26-45(40)34-18-16-33(44)17-19-34)28-39(43)38-13-7-8-14-41(38)46(43)42-22-20-35(29-9-3-2-4-10-29)36-11-5-6-12-37(36)42/h2-24,26-28H,25H2,1H3. The molecule has 46 heavy (non-hydrogen) atoms. The van der Waals surface area contributed by atoms with Crippen molar-refractivity contribution in [3.05, 3.63) is 175 Å². The number of aromatic nitrogens is 1. The summed E-state index contributed by atoms with van der Waals surface area (Å²) in [7, 11) is 0. The Kier molecular flexibility index (Phi) is 5.91. The maximum atomic E-state index is 13.6. The van der Waals surface area contributed by atoms with Crippen molar-refractivity contribution in [1.82, 2.24) is 4.57 Å². The van der Waals surface area contributed by atoms with Gasteiger partial charge in [0.2, 0.25) is 0 Å². The van der Waals surface area contributed by atoms with Gasteiger partial charge in [0.25, 0.3) is 0 Å². The summed E-state index contributed by atoms with van der Waals surface area (Å²) in [5.41, 5.74) is 11.9. The van der Waals surface area contributed by atoms with Crippen LogP contribution in [0.15, 0.2) is 158 Å². The molecule has 1 atom stereocenters. The summed E-state index contributed by atoms with van der Waals surface area (Å²) in [4.78, 5) is 2.57. The largest absolute Gasteiger partial charge is 0.330 e. The molecule has 6 aromatic carbocycles. The number of benzene rings is 6. The van der Waals surface area contributed by atoms with Crippen LogP contribution in [0, 0.1) is 5.82 Å². The van der Waals surface area contributed by atoms with Gasteiger partial charge in [-0.15, -0.1) is 0 Å². The predicted octanol–water partition coefficient (Wildman–Crippen LogP) is 11.4. The summed E-state index contributed by atoms with van der Waals surface area (Å²) in [6, 6.07) is 48.4. The highest BCUT2D eigenvalue weighted by Gasteiger charge is 2.46. The first-order valence-corrected chi connectivity index (χ1v) is 15.9. The van der Waals surface area contributed by atoms with E-state index in [1.807, 2.05) is 12.1 Å². The number of hydrogen-bond donors (Lipinski definition) is 0. The fraction of sp³-hybridized carbons (Fsp3) is 0.0698. The van der Waals surface area contributed by atoms with Crippen molar-refractivity contribution >= 4 is 44.2 Å². The molecule has 9 rings (SSSR count). The lowest BCUT2D eigenvalue weighted by Crippen LogP contribution is -2.40. The summed E-state index contributed by atoms with van der Waals surface area (Å²) < 4.78 is 15.7. The van der Waals surface area contributed by atoms with E-state index < -0.39 is 0 Å². The predicted molar refractivity (Wildman–Crippen MR) is 190 cm³/mol. The molecule has 1 aliphatic heterocycles. The lowest BCUT2D eigenvalue weighted by molar-refractivity contribution is 0.609. The molecule has 3 heteroatoms. The van der Waals surface area contributed by atoms with E-state index in [4.69, 9.17) is 0 Å². The van der Waals surface area contributed by atoms with Crippen LogP contribution in [-0.4, -0.2) is 10.1 Å². The second kappa shape index (κ2) is 10.2. The van der Waals surface area contributed by atoms with E-state index in [2.05, 4.69) is 150 Å². The van der Waals surface area contributed by atoms with Crippen LogP contribution in [0.1, 0.15) is 24.5 Å². The lowest BCUT2D eigenvalue weighted by atomic mass is 9.79. The van der Waals surface area contributed by atoms with Gasteiger partial charge in [0.05, 0.1) is 11.1 Å². The SMILES string of the molecule is CC12CC=C(c3ccc4c(ccn4-c4ccc(F)cc4)c3)C=C1c1ccccc1N2c1ccc(-c2ccccc2)c2ccccc12. The number of fused-ring (bicyclic) bond motifs is 5. The zero-order valence-electron chi connectivity index (χ0n) is 25.5. The van der Waals surface area contributed by atoms with Gasteiger partial charge in [-0.2, -0.15) is 0 Å². The third kappa shape index (κ3) is 4.02. The van der Waals surface area contributed by atoms with E-state index >= 15 is 0 Å². The first-order chi connectivity index (χ1) is 22.6. The van der Waals surface area contributed by atoms with Crippen LogP contribution in [0.3, 0.4) is 0 Å². The Morgan fingerprint density at radius 1 is 0.630 bits per heavy atom. The van der Waals surface area contributed by atoms with Crippen molar-refractivity contribution in [3.8, 4) is 16.8 Å². The molecule has 2 heterocycles. The molecule has 0 N–H and O–H groups in total. The summed E-state index contributed by atoms with van der Waals surface area (Å²) in [5, 5.41) is 3.68. The van der Waals surface area contributed by atoms with E-state index in [1.54, 1.807) is 0 Å². The molecule has 0 amide bonds. The first-order valence-electron chi connectivity index (χ1n) is 15.9. The average Bonchev–Trinajstić information content (AvgIpc) is 3.64. The highest BCUT2D eigenvalue weighted by atomic mass is 19.1. The lowest BCUT2D eigenvalue weighted by Gasteiger charge is -2.40. The van der Waals surface area contributed by atoms with Gasteiger partial charge in [0.15, 0.2) is 0 Å². The van der Waals surface area contributed by atoms with Gasteiger partial charge in [0.1, 0.15) is 5.82 Å². The second-order valence-corrected chi connectivity index (χ2v) is 12.5. The Hall–Kier alpha value is -5.67. The normalized spacial score (nSPS) is 17.1. The van der Waals surface area contributed by atoms with E-state index in [1.165, 1.54) is 67.7 Å². The van der Waals surface area contributed by atoms with Gasteiger partial charge in [-0.05, 0) is 107 Å². The number of para-hydroxylation sites is 1. The Morgan fingerprint density at radius 2 is 1.39 bits per heavy atom. The Bertz CT molecular complexity index is 2360. The van der Waals surface area contributed by atoms with E-state index in [0.717, 1.165) is 23.0 Å². The van der Waals surface area contributed by atoms with Gasteiger partial charge in [0, 0.05) is 39.6 Å². The van der Waals surface area contributed by atoms with E-state index in [0.29, 0.717) is 0 Å². The Balaban J connectivity index is 1.14. The molecular formula is C43H31FN2. The average molecular weight is 595 g/mol. The highest BCUT2D eigenvalue weighted by molar-refractivity contribution is 6.09. The minimum atomic E-state index is -0.236. The molecule has 1 aromatic heterocycles. The van der Waals surface area contributed by atoms with E-state index in [-0.39, 0.29) is 11.4 Å². The van der Waals surface area contributed by atoms with Crippen molar-refractivity contribution in [2.45, 2.75) is 18.9 Å². The molecule has 220 valence electrons. The molecule has 0 radical (unpaired) electrons. The molecule has 0 fully saturated rings. The number of anilines is 2. The van der Waals surface area contributed by atoms with E-state index in [9.17, 15) is 4.39 Å². The monoisotopic (exact) mass is 594 g/mol. The first kappa shape index (κ1) is 26.7. The fourth-order valence-electron chi connectivity index (χ4n) is 7.62. The van der Waals surface area contributed by atoms with Gasteiger partial charge >= 0.3 is 0 Å². The molecule has 0 spiro atoms. The summed E-state index contributed by atoms with van der Waals surface area (Å²) >= 11 is 0. The zero-order chi connectivity index (χ0) is 30.8. The van der Waals surface area contributed by atoms with Crippen LogP contribution in [-0.2, 0) is 0 Å². The van der Waals surface area contributed by atoms with Gasteiger partial charge in [-0.1, -0.05) is 91.0 Å². The van der Waals surface area contributed by atoms with Crippen molar-refractivity contribution < 1.29 is 4.39 Å². The van der Waals surface area contributed by atoms with Crippen molar-refractivity contribution in [3.63, 3.8) is 0 Å². The third-order valence-corrected chi connectivity index (χ3v) is 9.88. The molecule has 7 aromatic rings. The van der Waals surface area contributed by atoms with Crippen LogP contribution < -0.4 is 4.90 Å². The van der Waals surface area contributed by atoms with Crippen molar-refractivity contribution in [2.24, 2.45) is 0 Å². The molecule has 0 saturated heterocycles. The number of allylic oxidation sites excluding steroid dienone is 2. The molecular weight excluding hydrogens is 563 g/mol. The molecule has 2 aliphatic rings. The Labute approximate surface area is 268 Å². The molecule has 2 nitrogen and oxygen atoms in total. The topological polar surface area (TPSA) is 8.17 Å². The summed E-state index contributed by atoms with van der Waals surface area (Å²) in [6.45, 7) is 2.39. The van der Waals surface area contributed by atoms with Crippen LogP contribution in [0.4, 0.5) is 15.8 Å².